The summed E-state index contributed by atoms with van der Waals surface area (Å²) in [5, 5.41) is 0.449. The number of carbonyl (C=O) groups excluding carboxylic acids is 2. The molecule has 2 aromatic carbocycles. The van der Waals surface area contributed by atoms with E-state index in [4.69, 9.17) is 20.8 Å². The summed E-state index contributed by atoms with van der Waals surface area (Å²) in [7, 11) is 0. The van der Waals surface area contributed by atoms with Crippen LogP contribution < -0.4 is 0 Å². The molecule has 8 heteroatoms. The lowest BCUT2D eigenvalue weighted by molar-refractivity contribution is -0.133. The van der Waals surface area contributed by atoms with Crippen LogP contribution in [0.4, 0.5) is 4.39 Å². The van der Waals surface area contributed by atoms with Gasteiger partial charge in [-0.05, 0) is 60.9 Å². The number of nitrogens with zero attached hydrogens (tertiary/aromatic N) is 2. The van der Waals surface area contributed by atoms with Crippen LogP contribution in [0.3, 0.4) is 0 Å². The van der Waals surface area contributed by atoms with Gasteiger partial charge in [0.05, 0.1) is 18.9 Å². The summed E-state index contributed by atoms with van der Waals surface area (Å²) in [6.07, 6.45) is 3.18. The fraction of sp³-hybridized carbons (Fsp3) is 0.308. The highest BCUT2D eigenvalue weighted by atomic mass is 35.5. The van der Waals surface area contributed by atoms with E-state index in [2.05, 4.69) is 0 Å². The van der Waals surface area contributed by atoms with Gasteiger partial charge in [0.2, 0.25) is 5.91 Å². The summed E-state index contributed by atoms with van der Waals surface area (Å²) in [6, 6.07) is 16.2. The lowest BCUT2D eigenvalue weighted by atomic mass is 10.1. The zero-order valence-corrected chi connectivity index (χ0v) is 19.4. The number of furan rings is 1. The predicted octanol–water partition coefficient (Wildman–Crippen LogP) is 4.92. The number of hydrogen-bond acceptors (Lipinski definition) is 4. The van der Waals surface area contributed by atoms with Crippen molar-refractivity contribution in [1.82, 2.24) is 9.80 Å². The first kappa shape index (κ1) is 24.0. The monoisotopic (exact) mass is 484 g/mol. The Hall–Kier alpha value is -3.16. The first-order valence-corrected chi connectivity index (χ1v) is 11.6. The summed E-state index contributed by atoms with van der Waals surface area (Å²) < 4.78 is 24.5. The van der Waals surface area contributed by atoms with E-state index in [1.807, 2.05) is 0 Å². The van der Waals surface area contributed by atoms with Crippen molar-refractivity contribution in [1.29, 1.82) is 0 Å². The molecule has 178 valence electrons. The van der Waals surface area contributed by atoms with E-state index in [0.29, 0.717) is 29.5 Å². The number of benzene rings is 2. The molecule has 0 saturated carbocycles. The van der Waals surface area contributed by atoms with Crippen molar-refractivity contribution in [2.75, 3.05) is 19.7 Å². The predicted molar refractivity (Wildman–Crippen MR) is 126 cm³/mol. The number of hydrogen-bond donors (Lipinski definition) is 0. The zero-order chi connectivity index (χ0) is 23.9. The van der Waals surface area contributed by atoms with Gasteiger partial charge in [-0.2, -0.15) is 0 Å². The molecule has 0 aliphatic carbocycles. The van der Waals surface area contributed by atoms with Crippen LogP contribution in [-0.2, 0) is 22.6 Å². The average Bonchev–Trinajstić information content (AvgIpc) is 3.53. The lowest BCUT2D eigenvalue weighted by Crippen LogP contribution is -2.45. The van der Waals surface area contributed by atoms with Crippen molar-refractivity contribution in [3.05, 3.63) is 94.7 Å². The fourth-order valence-corrected chi connectivity index (χ4v) is 4.14. The molecule has 0 spiro atoms. The van der Waals surface area contributed by atoms with Crippen LogP contribution >= 0.6 is 11.6 Å². The van der Waals surface area contributed by atoms with Gasteiger partial charge in [-0.25, -0.2) is 4.39 Å². The number of amides is 2. The molecule has 1 aliphatic rings. The Labute approximate surface area is 202 Å². The van der Waals surface area contributed by atoms with Gasteiger partial charge < -0.3 is 19.0 Å². The van der Waals surface area contributed by atoms with Gasteiger partial charge in [0.15, 0.2) is 0 Å². The third-order valence-electron chi connectivity index (χ3n) is 5.70. The molecular weight excluding hydrogens is 459 g/mol. The van der Waals surface area contributed by atoms with E-state index in [1.165, 1.54) is 17.0 Å². The van der Waals surface area contributed by atoms with E-state index >= 15 is 0 Å². The van der Waals surface area contributed by atoms with Crippen molar-refractivity contribution in [3.63, 3.8) is 0 Å². The summed E-state index contributed by atoms with van der Waals surface area (Å²) in [6.45, 7) is 1.30. The molecule has 1 fully saturated rings. The van der Waals surface area contributed by atoms with Crippen LogP contribution in [0.1, 0.15) is 34.5 Å². The van der Waals surface area contributed by atoms with Crippen LogP contribution in [0.2, 0.25) is 5.02 Å². The Bertz CT molecular complexity index is 1100. The van der Waals surface area contributed by atoms with Crippen LogP contribution in [0.25, 0.3) is 0 Å². The zero-order valence-electron chi connectivity index (χ0n) is 18.7. The molecule has 1 aromatic heterocycles. The maximum absolute atomic E-state index is 13.5. The number of carbonyl (C=O) groups is 2. The van der Waals surface area contributed by atoms with Crippen LogP contribution in [-0.4, -0.2) is 47.4 Å². The highest BCUT2D eigenvalue weighted by Gasteiger charge is 2.27. The normalized spacial score (nSPS) is 15.3. The molecule has 34 heavy (non-hydrogen) atoms. The topological polar surface area (TPSA) is 63.0 Å². The maximum Gasteiger partial charge on any atom is 0.254 e. The van der Waals surface area contributed by atoms with Gasteiger partial charge in [-0.1, -0.05) is 29.8 Å². The summed E-state index contributed by atoms with van der Waals surface area (Å²) in [5.41, 5.74) is 1.18. The third-order valence-corrected chi connectivity index (χ3v) is 5.93. The standard InChI is InChI=1S/C26H26ClFN2O4/c27-21-5-1-4-20(14-21)26(32)30(17-24-7-3-13-34-24)18-25(31)29(16-23-6-2-12-33-23)15-19-8-10-22(28)11-9-19/h1-2,4-6,8-12,14,24H,3,7,13,15-18H2. The molecule has 3 aromatic rings. The van der Waals surface area contributed by atoms with Crippen LogP contribution in [0.15, 0.2) is 71.3 Å². The van der Waals surface area contributed by atoms with Gasteiger partial charge in [0.1, 0.15) is 18.1 Å². The Morgan fingerprint density at radius 1 is 1.03 bits per heavy atom. The van der Waals surface area contributed by atoms with Gasteiger partial charge in [-0.3, -0.25) is 9.59 Å². The highest BCUT2D eigenvalue weighted by Crippen LogP contribution is 2.19. The smallest absolute Gasteiger partial charge is 0.254 e. The minimum Gasteiger partial charge on any atom is -0.467 e. The summed E-state index contributed by atoms with van der Waals surface area (Å²) in [4.78, 5) is 29.9. The summed E-state index contributed by atoms with van der Waals surface area (Å²) >= 11 is 6.09. The SMILES string of the molecule is O=C(CN(CC1CCCO1)C(=O)c1cccc(Cl)c1)N(Cc1ccc(F)cc1)Cc1ccco1. The van der Waals surface area contributed by atoms with E-state index < -0.39 is 0 Å². The van der Waals surface area contributed by atoms with Gasteiger partial charge in [0.25, 0.3) is 5.91 Å². The van der Waals surface area contributed by atoms with Crippen LogP contribution in [0, 0.1) is 5.82 Å². The second kappa shape index (κ2) is 11.3. The molecule has 2 amide bonds. The number of rotatable bonds is 9. The molecule has 6 nitrogen and oxygen atoms in total. The van der Waals surface area contributed by atoms with Crippen molar-refractivity contribution in [2.24, 2.45) is 0 Å². The van der Waals surface area contributed by atoms with Crippen molar-refractivity contribution in [2.45, 2.75) is 32.0 Å². The first-order chi connectivity index (χ1) is 16.5. The van der Waals surface area contributed by atoms with E-state index in [-0.39, 0.29) is 43.4 Å². The van der Waals surface area contributed by atoms with Crippen molar-refractivity contribution >= 4 is 23.4 Å². The molecular formula is C26H26ClFN2O4. The molecule has 1 atom stereocenters. The quantitative estimate of drug-likeness (QED) is 0.432. The second-order valence-electron chi connectivity index (χ2n) is 8.29. The van der Waals surface area contributed by atoms with E-state index in [0.717, 1.165) is 18.4 Å². The van der Waals surface area contributed by atoms with Gasteiger partial charge in [-0.15, -0.1) is 0 Å². The van der Waals surface area contributed by atoms with Crippen LogP contribution in [0.5, 0.6) is 0 Å². The third kappa shape index (κ3) is 6.46. The number of halogens is 2. The molecule has 1 saturated heterocycles. The molecule has 1 unspecified atom stereocenters. The molecule has 4 rings (SSSR count). The molecule has 1 aliphatic heterocycles. The minimum absolute atomic E-state index is 0.119. The highest BCUT2D eigenvalue weighted by molar-refractivity contribution is 6.31. The van der Waals surface area contributed by atoms with Gasteiger partial charge >= 0.3 is 0 Å². The largest absolute Gasteiger partial charge is 0.467 e. The molecule has 0 radical (unpaired) electrons. The Morgan fingerprint density at radius 2 is 1.85 bits per heavy atom. The second-order valence-corrected chi connectivity index (χ2v) is 8.72. The first-order valence-electron chi connectivity index (χ1n) is 11.2. The van der Waals surface area contributed by atoms with Crippen molar-refractivity contribution < 1.29 is 23.1 Å². The van der Waals surface area contributed by atoms with Crippen molar-refractivity contribution in [3.8, 4) is 0 Å². The molecule has 0 N–H and O–H groups in total. The molecule has 2 heterocycles. The van der Waals surface area contributed by atoms with E-state index in [9.17, 15) is 14.0 Å². The van der Waals surface area contributed by atoms with Gasteiger partial charge in [0, 0.05) is 30.3 Å². The fourth-order valence-electron chi connectivity index (χ4n) is 3.95. The lowest BCUT2D eigenvalue weighted by Gasteiger charge is -2.29. The number of ether oxygens (including phenoxy) is 1. The Morgan fingerprint density at radius 3 is 2.53 bits per heavy atom. The summed E-state index contributed by atoms with van der Waals surface area (Å²) in [5.74, 6) is -0.273. The Kier molecular flexibility index (Phi) is 7.98. The Balaban J connectivity index is 1.54. The average molecular weight is 485 g/mol. The minimum atomic E-state index is -0.345. The molecule has 0 bridgehead atoms. The van der Waals surface area contributed by atoms with E-state index in [1.54, 1.807) is 59.7 Å². The maximum atomic E-state index is 13.5.